The summed E-state index contributed by atoms with van der Waals surface area (Å²) in [6.07, 6.45) is 1.72. The topological polar surface area (TPSA) is 35.2 Å². The van der Waals surface area contributed by atoms with E-state index in [1.165, 1.54) is 6.07 Å². The summed E-state index contributed by atoms with van der Waals surface area (Å²) in [5.41, 5.74) is 9.15. The maximum Gasteiger partial charge on any atom is 0.123 e. The first-order valence-corrected chi connectivity index (χ1v) is 7.34. The highest BCUT2D eigenvalue weighted by Gasteiger charge is 2.36. The number of nitrogens with two attached hydrogens (primary N) is 1. The molecule has 0 amide bonds. The molecule has 0 aliphatic heterocycles. The molecule has 0 saturated carbocycles. The third-order valence-corrected chi connectivity index (χ3v) is 4.06. The third kappa shape index (κ3) is 2.54. The predicted octanol–water partition coefficient (Wildman–Crippen LogP) is 3.76. The molecule has 1 aliphatic carbocycles. The Kier molecular flexibility index (Phi) is 3.46. The molecule has 0 radical (unpaired) electrons. The second-order valence-electron chi connectivity index (χ2n) is 5.97. The summed E-state index contributed by atoms with van der Waals surface area (Å²) in [5, 5.41) is 0. The number of halogens is 1. The summed E-state index contributed by atoms with van der Waals surface area (Å²) in [5.74, 6) is 0.623. The normalized spacial score (nSPS) is 20.6. The van der Waals surface area contributed by atoms with E-state index < -0.39 is 5.54 Å². The van der Waals surface area contributed by atoms with Gasteiger partial charge in [0.1, 0.15) is 11.6 Å². The van der Waals surface area contributed by atoms with E-state index in [0.717, 1.165) is 35.3 Å². The average Bonchev–Trinajstić information content (AvgIpc) is 2.76. The number of fused-ring (bicyclic) bond motifs is 1. The van der Waals surface area contributed by atoms with Crippen LogP contribution in [0.1, 0.15) is 37.0 Å². The molecule has 3 heteroatoms. The first-order valence-electron chi connectivity index (χ1n) is 7.34. The van der Waals surface area contributed by atoms with E-state index >= 15 is 0 Å². The van der Waals surface area contributed by atoms with Crippen LogP contribution in [0.25, 0.3) is 0 Å². The second-order valence-corrected chi connectivity index (χ2v) is 5.97. The van der Waals surface area contributed by atoms with E-state index in [4.69, 9.17) is 10.5 Å². The molecule has 2 aromatic rings. The van der Waals surface area contributed by atoms with Crippen molar-refractivity contribution in [2.24, 2.45) is 5.73 Å². The molecule has 2 aromatic carbocycles. The van der Waals surface area contributed by atoms with Crippen LogP contribution in [0.4, 0.5) is 4.39 Å². The van der Waals surface area contributed by atoms with E-state index in [0.29, 0.717) is 0 Å². The zero-order valence-corrected chi connectivity index (χ0v) is 12.4. The monoisotopic (exact) mass is 285 g/mol. The predicted molar refractivity (Wildman–Crippen MR) is 81.9 cm³/mol. The molecular formula is C18H20FNO. The highest BCUT2D eigenvalue weighted by Crippen LogP contribution is 2.41. The minimum Gasteiger partial charge on any atom is -0.491 e. The van der Waals surface area contributed by atoms with Gasteiger partial charge in [-0.2, -0.15) is 0 Å². The van der Waals surface area contributed by atoms with Crippen LogP contribution in [0, 0.1) is 5.82 Å². The van der Waals surface area contributed by atoms with Gasteiger partial charge in [-0.15, -0.1) is 0 Å². The average molecular weight is 285 g/mol. The first-order chi connectivity index (χ1) is 9.99. The summed E-state index contributed by atoms with van der Waals surface area (Å²) in [4.78, 5) is 0. The lowest BCUT2D eigenvalue weighted by Gasteiger charge is -2.27. The van der Waals surface area contributed by atoms with E-state index in [-0.39, 0.29) is 11.9 Å². The molecule has 0 saturated heterocycles. The van der Waals surface area contributed by atoms with E-state index in [1.807, 2.05) is 44.2 Å². The maximum atomic E-state index is 13.4. The Labute approximate surface area is 124 Å². The molecule has 1 atom stereocenters. The largest absolute Gasteiger partial charge is 0.491 e. The number of rotatable bonds is 3. The van der Waals surface area contributed by atoms with Gasteiger partial charge >= 0.3 is 0 Å². The van der Waals surface area contributed by atoms with Crippen molar-refractivity contribution in [2.45, 2.75) is 38.3 Å². The van der Waals surface area contributed by atoms with Gasteiger partial charge in [-0.1, -0.05) is 18.2 Å². The van der Waals surface area contributed by atoms with Gasteiger partial charge in [0.25, 0.3) is 0 Å². The lowest BCUT2D eigenvalue weighted by atomic mass is 9.85. The summed E-state index contributed by atoms with van der Waals surface area (Å²) < 4.78 is 19.1. The van der Waals surface area contributed by atoms with E-state index in [9.17, 15) is 4.39 Å². The Morgan fingerprint density at radius 1 is 1.19 bits per heavy atom. The zero-order valence-electron chi connectivity index (χ0n) is 12.4. The molecule has 1 unspecified atom stereocenters. The van der Waals surface area contributed by atoms with Gasteiger partial charge < -0.3 is 10.5 Å². The van der Waals surface area contributed by atoms with Crippen LogP contribution in [0.15, 0.2) is 42.5 Å². The van der Waals surface area contributed by atoms with Gasteiger partial charge in [-0.05, 0) is 67.6 Å². The van der Waals surface area contributed by atoms with Crippen LogP contribution in [0.3, 0.4) is 0 Å². The maximum absolute atomic E-state index is 13.4. The molecule has 3 rings (SSSR count). The summed E-state index contributed by atoms with van der Waals surface area (Å²) in [7, 11) is 0. The fourth-order valence-corrected chi connectivity index (χ4v) is 3.09. The number of hydrogen-bond donors (Lipinski definition) is 1. The van der Waals surface area contributed by atoms with Crippen LogP contribution < -0.4 is 10.5 Å². The molecule has 0 heterocycles. The number of ether oxygens (including phenoxy) is 1. The highest BCUT2D eigenvalue weighted by atomic mass is 19.1. The molecule has 0 spiro atoms. The fourth-order valence-electron chi connectivity index (χ4n) is 3.09. The SMILES string of the molecule is CC(C)Oc1cccc(C2(N)CCc3cc(F)ccc32)c1. The molecule has 0 aromatic heterocycles. The minimum absolute atomic E-state index is 0.124. The highest BCUT2D eigenvalue weighted by molar-refractivity contribution is 5.48. The second kappa shape index (κ2) is 5.15. The zero-order chi connectivity index (χ0) is 15.0. The molecule has 2 N–H and O–H groups in total. The number of benzene rings is 2. The summed E-state index contributed by atoms with van der Waals surface area (Å²) in [6, 6.07) is 12.8. The Morgan fingerprint density at radius 3 is 2.76 bits per heavy atom. The van der Waals surface area contributed by atoms with E-state index in [1.54, 1.807) is 6.07 Å². The number of hydrogen-bond acceptors (Lipinski definition) is 2. The van der Waals surface area contributed by atoms with Crippen molar-refractivity contribution in [3.05, 3.63) is 65.0 Å². The summed E-state index contributed by atoms with van der Waals surface area (Å²) in [6.45, 7) is 4.00. The fraction of sp³-hybridized carbons (Fsp3) is 0.333. The standard InChI is InChI=1S/C18H20FNO/c1-12(2)21-16-5-3-4-14(11-16)18(20)9-8-13-10-15(19)6-7-17(13)18/h3-7,10-12H,8-9,20H2,1-2H3. The lowest BCUT2D eigenvalue weighted by Crippen LogP contribution is -2.35. The number of aryl methyl sites for hydroxylation is 1. The Morgan fingerprint density at radius 2 is 2.00 bits per heavy atom. The van der Waals surface area contributed by atoms with Gasteiger partial charge in [0.2, 0.25) is 0 Å². The van der Waals surface area contributed by atoms with Crippen molar-refractivity contribution in [1.82, 2.24) is 0 Å². The first kappa shape index (κ1) is 14.1. The van der Waals surface area contributed by atoms with Gasteiger partial charge in [0, 0.05) is 0 Å². The Hall–Kier alpha value is -1.87. The molecule has 1 aliphatic rings. The van der Waals surface area contributed by atoms with Crippen LogP contribution in [-0.4, -0.2) is 6.10 Å². The molecule has 0 bridgehead atoms. The molecule has 110 valence electrons. The van der Waals surface area contributed by atoms with Crippen LogP contribution in [0.2, 0.25) is 0 Å². The van der Waals surface area contributed by atoms with Crippen molar-refractivity contribution in [1.29, 1.82) is 0 Å². The Balaban J connectivity index is 2.01. The van der Waals surface area contributed by atoms with Crippen molar-refractivity contribution < 1.29 is 9.13 Å². The molecule has 21 heavy (non-hydrogen) atoms. The van der Waals surface area contributed by atoms with Crippen LogP contribution in [-0.2, 0) is 12.0 Å². The van der Waals surface area contributed by atoms with Gasteiger partial charge in [0.15, 0.2) is 0 Å². The van der Waals surface area contributed by atoms with E-state index in [2.05, 4.69) is 0 Å². The van der Waals surface area contributed by atoms with Crippen molar-refractivity contribution in [2.75, 3.05) is 0 Å². The van der Waals surface area contributed by atoms with Crippen molar-refractivity contribution >= 4 is 0 Å². The third-order valence-electron chi connectivity index (χ3n) is 4.06. The smallest absolute Gasteiger partial charge is 0.123 e. The molecule has 0 fully saturated rings. The minimum atomic E-state index is -0.556. The van der Waals surface area contributed by atoms with Crippen LogP contribution >= 0.6 is 0 Å². The lowest BCUT2D eigenvalue weighted by molar-refractivity contribution is 0.242. The van der Waals surface area contributed by atoms with Gasteiger partial charge in [0.05, 0.1) is 11.6 Å². The van der Waals surface area contributed by atoms with Crippen molar-refractivity contribution in [3.63, 3.8) is 0 Å². The van der Waals surface area contributed by atoms with Gasteiger partial charge in [-0.25, -0.2) is 4.39 Å². The molecular weight excluding hydrogens is 265 g/mol. The Bertz CT molecular complexity index is 668. The van der Waals surface area contributed by atoms with Gasteiger partial charge in [-0.3, -0.25) is 0 Å². The molecule has 2 nitrogen and oxygen atoms in total. The quantitative estimate of drug-likeness (QED) is 0.932. The van der Waals surface area contributed by atoms with Crippen LogP contribution in [0.5, 0.6) is 5.75 Å². The summed E-state index contributed by atoms with van der Waals surface area (Å²) >= 11 is 0. The van der Waals surface area contributed by atoms with Crippen molar-refractivity contribution in [3.8, 4) is 5.75 Å².